The van der Waals surface area contributed by atoms with Gasteiger partial charge >= 0.3 is 0 Å². The number of amides is 1. The molecule has 1 N–H and O–H groups in total. The molecule has 0 aromatic heterocycles. The number of ether oxygens (including phenoxy) is 1. The van der Waals surface area contributed by atoms with Crippen LogP contribution in [0, 0.1) is 11.3 Å². The highest BCUT2D eigenvalue weighted by atomic mass is 79.9. The van der Waals surface area contributed by atoms with Crippen LogP contribution in [0.3, 0.4) is 0 Å². The van der Waals surface area contributed by atoms with Gasteiger partial charge in [0.2, 0.25) is 0 Å². The highest BCUT2D eigenvalue weighted by Crippen LogP contribution is 2.29. The number of anilines is 1. The number of carbonyl (C=O) groups is 1. The molecule has 4 nitrogen and oxygen atoms in total. The van der Waals surface area contributed by atoms with Gasteiger partial charge in [0, 0.05) is 10.7 Å². The van der Waals surface area contributed by atoms with Gasteiger partial charge in [-0.2, -0.15) is 5.26 Å². The molecule has 0 radical (unpaired) electrons. The Bertz CT molecular complexity index is 1210. The van der Waals surface area contributed by atoms with Gasteiger partial charge in [-0.25, -0.2) is 0 Å². The molecule has 0 aliphatic carbocycles. The fraction of sp³-hybridized carbons (Fsp3) is 0.0435. The van der Waals surface area contributed by atoms with Crippen molar-refractivity contribution in [1.82, 2.24) is 0 Å². The van der Waals surface area contributed by atoms with Crippen molar-refractivity contribution in [3.05, 3.63) is 96.9 Å². The third kappa shape index (κ3) is 6.49. The molecule has 0 unspecified atom stereocenters. The molecule has 8 heteroatoms. The predicted octanol–water partition coefficient (Wildman–Crippen LogP) is 7.53. The van der Waals surface area contributed by atoms with E-state index in [0.29, 0.717) is 43.1 Å². The van der Waals surface area contributed by atoms with E-state index in [2.05, 4.69) is 21.2 Å². The quantitative estimate of drug-likeness (QED) is 0.262. The first-order valence-corrected chi connectivity index (χ1v) is 10.8. The number of nitriles is 1. The summed E-state index contributed by atoms with van der Waals surface area (Å²) in [5.74, 6) is 0.0749. The maximum Gasteiger partial charge on any atom is 0.266 e. The van der Waals surface area contributed by atoms with E-state index in [9.17, 15) is 10.1 Å². The molecule has 0 aliphatic rings. The Labute approximate surface area is 203 Å². The van der Waals surface area contributed by atoms with E-state index in [1.807, 2.05) is 12.1 Å². The van der Waals surface area contributed by atoms with Gasteiger partial charge in [0.05, 0.1) is 14.5 Å². The molecule has 0 saturated carbocycles. The standard InChI is InChI=1S/C23H14BrCl3N2O2/c24-19-9-14(5-7-22(19)31-13-15-4-6-20(26)21(27)10-15)8-16(12-28)23(30)29-18-3-1-2-17(25)11-18/h1-11H,13H2,(H,29,30)/b16-8+. The van der Waals surface area contributed by atoms with Gasteiger partial charge in [-0.15, -0.1) is 0 Å². The predicted molar refractivity (Wildman–Crippen MR) is 129 cm³/mol. The van der Waals surface area contributed by atoms with Gasteiger partial charge in [0.1, 0.15) is 24.0 Å². The van der Waals surface area contributed by atoms with Crippen LogP contribution in [0.4, 0.5) is 5.69 Å². The molecule has 0 spiro atoms. The maximum atomic E-state index is 12.4. The normalized spacial score (nSPS) is 11.0. The van der Waals surface area contributed by atoms with Crippen molar-refractivity contribution in [2.45, 2.75) is 6.61 Å². The number of nitrogens with one attached hydrogen (secondary N) is 1. The third-order valence-electron chi connectivity index (χ3n) is 4.09. The zero-order chi connectivity index (χ0) is 22.4. The van der Waals surface area contributed by atoms with Gasteiger partial charge in [0.15, 0.2) is 0 Å². The van der Waals surface area contributed by atoms with Crippen LogP contribution in [0.15, 0.2) is 70.7 Å². The first-order valence-electron chi connectivity index (χ1n) is 8.90. The highest BCUT2D eigenvalue weighted by molar-refractivity contribution is 9.10. The lowest BCUT2D eigenvalue weighted by atomic mass is 10.1. The molecule has 0 bridgehead atoms. The van der Waals surface area contributed by atoms with Gasteiger partial charge < -0.3 is 10.1 Å². The molecule has 0 heterocycles. The minimum Gasteiger partial charge on any atom is -0.488 e. The summed E-state index contributed by atoms with van der Waals surface area (Å²) in [4.78, 5) is 12.4. The van der Waals surface area contributed by atoms with Gasteiger partial charge in [0.25, 0.3) is 5.91 Å². The van der Waals surface area contributed by atoms with Gasteiger partial charge in [-0.05, 0) is 75.6 Å². The van der Waals surface area contributed by atoms with Crippen LogP contribution in [0.1, 0.15) is 11.1 Å². The van der Waals surface area contributed by atoms with E-state index >= 15 is 0 Å². The summed E-state index contributed by atoms with van der Waals surface area (Å²) < 4.78 is 6.49. The average molecular weight is 537 g/mol. The molecule has 31 heavy (non-hydrogen) atoms. The Balaban J connectivity index is 1.71. The van der Waals surface area contributed by atoms with Crippen LogP contribution >= 0.6 is 50.7 Å². The molecule has 1 amide bonds. The lowest BCUT2D eigenvalue weighted by Crippen LogP contribution is -2.13. The molecule has 0 atom stereocenters. The second-order valence-electron chi connectivity index (χ2n) is 6.36. The molecule has 3 aromatic rings. The monoisotopic (exact) mass is 534 g/mol. The zero-order valence-corrected chi connectivity index (χ0v) is 19.7. The summed E-state index contributed by atoms with van der Waals surface area (Å²) >= 11 is 21.3. The first-order chi connectivity index (χ1) is 14.9. The molecular formula is C23H14BrCl3N2O2. The van der Waals surface area contributed by atoms with Crippen LogP contribution in [0.2, 0.25) is 15.1 Å². The minimum atomic E-state index is -0.527. The average Bonchev–Trinajstić information content (AvgIpc) is 2.73. The summed E-state index contributed by atoms with van der Waals surface area (Å²) in [5, 5.41) is 13.5. The largest absolute Gasteiger partial charge is 0.488 e. The summed E-state index contributed by atoms with van der Waals surface area (Å²) in [5.41, 5.74) is 1.99. The fourth-order valence-corrected chi connectivity index (χ4v) is 3.62. The van der Waals surface area contributed by atoms with Gasteiger partial charge in [-0.3, -0.25) is 4.79 Å². The number of benzene rings is 3. The lowest BCUT2D eigenvalue weighted by molar-refractivity contribution is -0.112. The molecule has 3 rings (SSSR count). The third-order valence-corrected chi connectivity index (χ3v) is 5.69. The summed E-state index contributed by atoms with van der Waals surface area (Å²) in [7, 11) is 0. The van der Waals surface area contributed by atoms with Crippen molar-refractivity contribution in [1.29, 1.82) is 5.26 Å². The number of hydrogen-bond donors (Lipinski definition) is 1. The van der Waals surface area contributed by atoms with Crippen molar-refractivity contribution >= 4 is 68.4 Å². The first kappa shape index (κ1) is 23.2. The van der Waals surface area contributed by atoms with Crippen molar-refractivity contribution in [3.8, 4) is 11.8 Å². The lowest BCUT2D eigenvalue weighted by Gasteiger charge is -2.10. The molecule has 0 saturated heterocycles. The van der Waals surface area contributed by atoms with Gasteiger partial charge in [-0.1, -0.05) is 53.0 Å². The van der Waals surface area contributed by atoms with E-state index in [0.717, 1.165) is 5.56 Å². The summed E-state index contributed by atoms with van der Waals surface area (Å²) in [6.07, 6.45) is 1.49. The van der Waals surface area contributed by atoms with Crippen molar-refractivity contribution in [2.75, 3.05) is 5.32 Å². The van der Waals surface area contributed by atoms with Crippen LogP contribution in [-0.4, -0.2) is 5.91 Å². The molecule has 156 valence electrons. The summed E-state index contributed by atoms with van der Waals surface area (Å²) in [6.45, 7) is 0.302. The van der Waals surface area contributed by atoms with Crippen LogP contribution in [-0.2, 0) is 11.4 Å². The van der Waals surface area contributed by atoms with E-state index in [-0.39, 0.29) is 5.57 Å². The SMILES string of the molecule is N#C/C(=C\c1ccc(OCc2ccc(Cl)c(Cl)c2)c(Br)c1)C(=O)Nc1cccc(Cl)c1. The molecule has 0 aliphatic heterocycles. The second kappa shape index (κ2) is 10.7. The zero-order valence-electron chi connectivity index (χ0n) is 15.8. The van der Waals surface area contributed by atoms with E-state index in [1.54, 1.807) is 54.6 Å². The Morgan fingerprint density at radius 1 is 1.06 bits per heavy atom. The topological polar surface area (TPSA) is 62.1 Å². The van der Waals surface area contributed by atoms with Crippen molar-refractivity contribution in [3.63, 3.8) is 0 Å². The second-order valence-corrected chi connectivity index (χ2v) is 8.47. The highest BCUT2D eigenvalue weighted by Gasteiger charge is 2.11. The Morgan fingerprint density at radius 2 is 1.87 bits per heavy atom. The van der Waals surface area contributed by atoms with Crippen LogP contribution < -0.4 is 10.1 Å². The number of carbonyl (C=O) groups excluding carboxylic acids is 1. The van der Waals surface area contributed by atoms with Crippen LogP contribution in [0.25, 0.3) is 6.08 Å². The number of hydrogen-bond acceptors (Lipinski definition) is 3. The smallest absolute Gasteiger partial charge is 0.266 e. The van der Waals surface area contributed by atoms with Crippen molar-refractivity contribution in [2.24, 2.45) is 0 Å². The molecular weight excluding hydrogens is 523 g/mol. The molecule has 0 fully saturated rings. The number of rotatable bonds is 6. The van der Waals surface area contributed by atoms with E-state index in [1.165, 1.54) is 6.08 Å². The van der Waals surface area contributed by atoms with E-state index in [4.69, 9.17) is 39.5 Å². The Hall–Kier alpha value is -2.49. The Morgan fingerprint density at radius 3 is 2.55 bits per heavy atom. The molecule has 3 aromatic carbocycles. The maximum absolute atomic E-state index is 12.4. The summed E-state index contributed by atoms with van der Waals surface area (Å²) in [6, 6.07) is 19.2. The minimum absolute atomic E-state index is 0.0450. The fourth-order valence-electron chi connectivity index (χ4n) is 2.59. The Kier molecular flexibility index (Phi) is 8.00. The van der Waals surface area contributed by atoms with Crippen molar-refractivity contribution < 1.29 is 9.53 Å². The number of halogens is 4. The van der Waals surface area contributed by atoms with Crippen LogP contribution in [0.5, 0.6) is 5.75 Å². The number of nitrogens with zero attached hydrogens (tertiary/aromatic N) is 1. The van der Waals surface area contributed by atoms with E-state index < -0.39 is 5.91 Å².